The Bertz CT molecular complexity index is 353. The Morgan fingerprint density at radius 3 is 2.53 bits per heavy atom. The van der Waals surface area contributed by atoms with Crippen molar-refractivity contribution in [1.82, 2.24) is 15.3 Å². The SMILES string of the molecule is CCCNCc1cc(C)nc(CC(C)(C)C)n1. The Labute approximate surface area is 105 Å². The topological polar surface area (TPSA) is 37.8 Å². The van der Waals surface area contributed by atoms with Gasteiger partial charge in [-0.2, -0.15) is 0 Å². The first kappa shape index (κ1) is 14.1. The fourth-order valence-corrected chi connectivity index (χ4v) is 1.74. The van der Waals surface area contributed by atoms with Gasteiger partial charge in [-0.25, -0.2) is 9.97 Å². The van der Waals surface area contributed by atoms with Gasteiger partial charge in [-0.1, -0.05) is 27.7 Å². The molecule has 0 aliphatic carbocycles. The van der Waals surface area contributed by atoms with Crippen molar-refractivity contribution in [2.24, 2.45) is 5.41 Å². The van der Waals surface area contributed by atoms with E-state index in [1.165, 1.54) is 0 Å². The zero-order valence-corrected chi connectivity index (χ0v) is 11.8. The van der Waals surface area contributed by atoms with Gasteiger partial charge in [0.15, 0.2) is 0 Å². The summed E-state index contributed by atoms with van der Waals surface area (Å²) in [5.41, 5.74) is 2.40. The molecular weight excluding hydrogens is 210 g/mol. The highest BCUT2D eigenvalue weighted by Gasteiger charge is 2.14. The predicted molar refractivity (Wildman–Crippen MR) is 71.9 cm³/mol. The van der Waals surface area contributed by atoms with Crippen molar-refractivity contribution in [3.8, 4) is 0 Å². The van der Waals surface area contributed by atoms with Crippen LogP contribution in [-0.2, 0) is 13.0 Å². The molecule has 96 valence electrons. The standard InChI is InChI=1S/C14H25N3/c1-6-7-15-10-12-8-11(2)16-13(17-12)9-14(3,4)5/h8,15H,6-7,9-10H2,1-5H3. The average molecular weight is 235 g/mol. The largest absolute Gasteiger partial charge is 0.311 e. The molecule has 0 aliphatic heterocycles. The zero-order chi connectivity index (χ0) is 12.9. The van der Waals surface area contributed by atoms with Crippen molar-refractivity contribution in [3.63, 3.8) is 0 Å². The van der Waals surface area contributed by atoms with Crippen molar-refractivity contribution < 1.29 is 0 Å². The maximum atomic E-state index is 4.62. The molecule has 0 fully saturated rings. The molecule has 17 heavy (non-hydrogen) atoms. The summed E-state index contributed by atoms with van der Waals surface area (Å²) in [6, 6.07) is 2.06. The van der Waals surface area contributed by atoms with Gasteiger partial charge in [0.2, 0.25) is 0 Å². The van der Waals surface area contributed by atoms with Gasteiger partial charge in [0.25, 0.3) is 0 Å². The van der Waals surface area contributed by atoms with Crippen LogP contribution in [0.3, 0.4) is 0 Å². The lowest BCUT2D eigenvalue weighted by Crippen LogP contribution is -2.18. The number of hydrogen-bond donors (Lipinski definition) is 1. The molecule has 0 bridgehead atoms. The molecule has 0 spiro atoms. The third-order valence-corrected chi connectivity index (χ3v) is 2.37. The molecule has 0 radical (unpaired) electrons. The van der Waals surface area contributed by atoms with Gasteiger partial charge in [0, 0.05) is 18.7 Å². The molecular formula is C14H25N3. The second kappa shape index (κ2) is 6.10. The predicted octanol–water partition coefficient (Wildman–Crippen LogP) is 2.87. The van der Waals surface area contributed by atoms with E-state index in [1.807, 2.05) is 6.92 Å². The van der Waals surface area contributed by atoms with Gasteiger partial charge in [-0.3, -0.25) is 0 Å². The highest BCUT2D eigenvalue weighted by atomic mass is 14.9. The Hall–Kier alpha value is -0.960. The normalized spacial score (nSPS) is 11.8. The second-order valence-electron chi connectivity index (χ2n) is 5.83. The molecule has 3 nitrogen and oxygen atoms in total. The fraction of sp³-hybridized carbons (Fsp3) is 0.714. The van der Waals surface area contributed by atoms with Crippen LogP contribution in [0.25, 0.3) is 0 Å². The van der Waals surface area contributed by atoms with Gasteiger partial charge < -0.3 is 5.32 Å². The molecule has 1 aromatic rings. The minimum absolute atomic E-state index is 0.238. The molecule has 0 unspecified atom stereocenters. The second-order valence-corrected chi connectivity index (χ2v) is 5.83. The summed E-state index contributed by atoms with van der Waals surface area (Å²) in [6.45, 7) is 12.7. The van der Waals surface area contributed by atoms with Crippen LogP contribution in [0.5, 0.6) is 0 Å². The van der Waals surface area contributed by atoms with Crippen molar-refractivity contribution in [3.05, 3.63) is 23.3 Å². The Kier molecular flexibility index (Phi) is 5.06. The van der Waals surface area contributed by atoms with E-state index in [2.05, 4.69) is 49.0 Å². The van der Waals surface area contributed by atoms with Crippen molar-refractivity contribution >= 4 is 0 Å². The van der Waals surface area contributed by atoms with Crippen LogP contribution in [0.2, 0.25) is 0 Å². The first-order chi connectivity index (χ1) is 7.90. The molecule has 0 aliphatic rings. The number of nitrogens with one attached hydrogen (secondary N) is 1. The van der Waals surface area contributed by atoms with E-state index in [4.69, 9.17) is 0 Å². The maximum absolute atomic E-state index is 4.62. The molecule has 1 N–H and O–H groups in total. The third kappa shape index (κ3) is 5.78. The number of rotatable bonds is 5. The zero-order valence-electron chi connectivity index (χ0n) is 11.8. The molecule has 1 heterocycles. The molecule has 0 saturated heterocycles. The van der Waals surface area contributed by atoms with Crippen LogP contribution in [0.15, 0.2) is 6.07 Å². The highest BCUT2D eigenvalue weighted by molar-refractivity contribution is 5.10. The van der Waals surface area contributed by atoms with Crippen LogP contribution >= 0.6 is 0 Å². The van der Waals surface area contributed by atoms with E-state index < -0.39 is 0 Å². The number of hydrogen-bond acceptors (Lipinski definition) is 3. The van der Waals surface area contributed by atoms with Crippen molar-refractivity contribution in [2.75, 3.05) is 6.54 Å². The fourth-order valence-electron chi connectivity index (χ4n) is 1.74. The molecule has 1 aromatic heterocycles. The van der Waals surface area contributed by atoms with E-state index in [-0.39, 0.29) is 5.41 Å². The van der Waals surface area contributed by atoms with Crippen LogP contribution in [-0.4, -0.2) is 16.5 Å². The molecule has 0 amide bonds. The summed E-state index contributed by atoms with van der Waals surface area (Å²) in [7, 11) is 0. The molecule has 1 rings (SSSR count). The lowest BCUT2D eigenvalue weighted by molar-refractivity contribution is 0.399. The van der Waals surface area contributed by atoms with E-state index in [9.17, 15) is 0 Å². The highest BCUT2D eigenvalue weighted by Crippen LogP contribution is 2.18. The summed E-state index contributed by atoms with van der Waals surface area (Å²) in [5.74, 6) is 0.964. The first-order valence-corrected chi connectivity index (χ1v) is 6.45. The van der Waals surface area contributed by atoms with Gasteiger partial charge in [-0.15, -0.1) is 0 Å². The number of nitrogens with zero attached hydrogens (tertiary/aromatic N) is 2. The summed E-state index contributed by atoms with van der Waals surface area (Å²) in [4.78, 5) is 9.13. The molecule has 0 atom stereocenters. The third-order valence-electron chi connectivity index (χ3n) is 2.37. The van der Waals surface area contributed by atoms with Crippen LogP contribution in [0.1, 0.15) is 51.3 Å². The minimum atomic E-state index is 0.238. The van der Waals surface area contributed by atoms with Gasteiger partial charge in [0.1, 0.15) is 5.82 Å². The van der Waals surface area contributed by atoms with E-state index >= 15 is 0 Å². The van der Waals surface area contributed by atoms with E-state index in [0.717, 1.165) is 43.1 Å². The lowest BCUT2D eigenvalue weighted by Gasteiger charge is -2.17. The summed E-state index contributed by atoms with van der Waals surface area (Å²) in [5, 5.41) is 3.38. The number of aromatic nitrogens is 2. The van der Waals surface area contributed by atoms with Crippen molar-refractivity contribution in [1.29, 1.82) is 0 Å². The Morgan fingerprint density at radius 2 is 1.94 bits per heavy atom. The average Bonchev–Trinajstić information content (AvgIpc) is 2.14. The lowest BCUT2D eigenvalue weighted by atomic mass is 9.92. The Balaban J connectivity index is 2.72. The molecule has 0 aromatic carbocycles. The summed E-state index contributed by atoms with van der Waals surface area (Å²) < 4.78 is 0. The van der Waals surface area contributed by atoms with E-state index in [0.29, 0.717) is 0 Å². The van der Waals surface area contributed by atoms with E-state index in [1.54, 1.807) is 0 Å². The van der Waals surface area contributed by atoms with Crippen molar-refractivity contribution in [2.45, 2.75) is 54.0 Å². The first-order valence-electron chi connectivity index (χ1n) is 6.45. The number of aryl methyl sites for hydroxylation is 1. The van der Waals surface area contributed by atoms with Crippen LogP contribution in [0.4, 0.5) is 0 Å². The smallest absolute Gasteiger partial charge is 0.129 e. The minimum Gasteiger partial charge on any atom is -0.311 e. The molecule has 0 saturated carbocycles. The molecule has 3 heteroatoms. The summed E-state index contributed by atoms with van der Waals surface area (Å²) >= 11 is 0. The van der Waals surface area contributed by atoms with Gasteiger partial charge in [0.05, 0.1) is 5.69 Å². The van der Waals surface area contributed by atoms with Gasteiger partial charge in [-0.05, 0) is 31.4 Å². The Morgan fingerprint density at radius 1 is 1.24 bits per heavy atom. The monoisotopic (exact) mass is 235 g/mol. The quantitative estimate of drug-likeness (QED) is 0.797. The maximum Gasteiger partial charge on any atom is 0.129 e. The van der Waals surface area contributed by atoms with Crippen LogP contribution in [0, 0.1) is 12.3 Å². The summed E-state index contributed by atoms with van der Waals surface area (Å²) in [6.07, 6.45) is 2.08. The van der Waals surface area contributed by atoms with Crippen LogP contribution < -0.4 is 5.32 Å². The van der Waals surface area contributed by atoms with Gasteiger partial charge >= 0.3 is 0 Å².